The van der Waals surface area contributed by atoms with Crippen molar-refractivity contribution in [2.75, 3.05) is 4.90 Å². The highest BCUT2D eigenvalue weighted by molar-refractivity contribution is 7.26. The zero-order chi connectivity index (χ0) is 31.3. The molecule has 0 atom stereocenters. The molecule has 0 saturated heterocycles. The fourth-order valence-corrected chi connectivity index (χ4v) is 8.75. The largest absolute Gasteiger partial charge is 0.456 e. The van der Waals surface area contributed by atoms with Gasteiger partial charge >= 0.3 is 0 Å². The maximum Gasteiger partial charge on any atom is 0.137 e. The third-order valence-electron chi connectivity index (χ3n) is 9.82. The van der Waals surface area contributed by atoms with Gasteiger partial charge in [-0.15, -0.1) is 11.3 Å². The average molecular weight is 632 g/mol. The minimum atomic E-state index is 0.867. The van der Waals surface area contributed by atoms with Gasteiger partial charge in [0.1, 0.15) is 22.3 Å². The Balaban J connectivity index is 1.21. The minimum Gasteiger partial charge on any atom is -0.456 e. The van der Waals surface area contributed by atoms with Crippen LogP contribution < -0.4 is 4.90 Å². The number of furan rings is 2. The molecule has 0 unspecified atom stereocenters. The van der Waals surface area contributed by atoms with Crippen LogP contribution in [0.3, 0.4) is 0 Å². The van der Waals surface area contributed by atoms with Crippen LogP contribution in [0, 0.1) is 0 Å². The molecule has 3 nitrogen and oxygen atoms in total. The van der Waals surface area contributed by atoms with E-state index < -0.39 is 0 Å². The topological polar surface area (TPSA) is 29.5 Å². The van der Waals surface area contributed by atoms with Crippen molar-refractivity contribution < 1.29 is 8.83 Å². The third kappa shape index (κ3) is 3.69. The zero-order valence-corrected chi connectivity index (χ0v) is 26.4. The first-order valence-electron chi connectivity index (χ1n) is 16.2. The number of benzene rings is 8. The molecular weight excluding hydrogens is 607 g/mol. The van der Waals surface area contributed by atoms with E-state index in [1.807, 2.05) is 35.6 Å². The summed E-state index contributed by atoms with van der Waals surface area (Å²) in [6.45, 7) is 0. The molecule has 0 fully saturated rings. The molecule has 0 aliphatic rings. The molecule has 3 aromatic heterocycles. The molecule has 224 valence electrons. The number of para-hydroxylation sites is 2. The van der Waals surface area contributed by atoms with Crippen LogP contribution in [0.25, 0.3) is 85.6 Å². The summed E-state index contributed by atoms with van der Waals surface area (Å²) in [5.74, 6) is 0. The summed E-state index contributed by atoms with van der Waals surface area (Å²) in [7, 11) is 0. The second-order valence-electron chi connectivity index (χ2n) is 12.5. The van der Waals surface area contributed by atoms with Crippen LogP contribution in [0.4, 0.5) is 17.1 Å². The first kappa shape index (κ1) is 26.0. The Morgan fingerprint density at radius 2 is 0.917 bits per heavy atom. The van der Waals surface area contributed by atoms with E-state index in [0.717, 1.165) is 60.9 Å². The van der Waals surface area contributed by atoms with Crippen molar-refractivity contribution in [2.24, 2.45) is 0 Å². The maximum atomic E-state index is 6.40. The molecule has 4 heteroatoms. The van der Waals surface area contributed by atoms with E-state index in [9.17, 15) is 0 Å². The fourth-order valence-electron chi connectivity index (χ4n) is 7.64. The molecule has 11 aromatic rings. The van der Waals surface area contributed by atoms with Crippen LogP contribution in [0.2, 0.25) is 0 Å². The van der Waals surface area contributed by atoms with Crippen LogP contribution in [-0.4, -0.2) is 0 Å². The second-order valence-corrected chi connectivity index (χ2v) is 13.6. The fraction of sp³-hybridized carbons (Fsp3) is 0. The highest BCUT2D eigenvalue weighted by atomic mass is 32.1. The lowest BCUT2D eigenvalue weighted by Gasteiger charge is -2.26. The van der Waals surface area contributed by atoms with Crippen LogP contribution in [0.1, 0.15) is 0 Å². The molecule has 0 aliphatic heterocycles. The Morgan fingerprint density at radius 3 is 1.77 bits per heavy atom. The van der Waals surface area contributed by atoms with Gasteiger partial charge in [-0.05, 0) is 88.3 Å². The molecule has 0 radical (unpaired) electrons. The van der Waals surface area contributed by atoms with Gasteiger partial charge in [-0.25, -0.2) is 0 Å². The monoisotopic (exact) mass is 631 g/mol. The minimum absolute atomic E-state index is 0.867. The first-order valence-corrected chi connectivity index (χ1v) is 17.0. The van der Waals surface area contributed by atoms with Crippen molar-refractivity contribution in [2.45, 2.75) is 0 Å². The van der Waals surface area contributed by atoms with Gasteiger partial charge in [0.25, 0.3) is 0 Å². The molecular formula is C44H25NO2S. The number of rotatable bonds is 3. The number of fused-ring (bicyclic) bond motifs is 13. The van der Waals surface area contributed by atoms with Crippen LogP contribution in [-0.2, 0) is 0 Å². The Kier molecular flexibility index (Phi) is 5.26. The third-order valence-corrected chi connectivity index (χ3v) is 11.0. The average Bonchev–Trinajstić information content (AvgIpc) is 3.82. The lowest BCUT2D eigenvalue weighted by atomic mass is 9.97. The van der Waals surface area contributed by atoms with Crippen LogP contribution in [0.5, 0.6) is 0 Å². The lowest BCUT2D eigenvalue weighted by molar-refractivity contribution is 0.668. The molecule has 0 amide bonds. The summed E-state index contributed by atoms with van der Waals surface area (Å²) in [5.41, 5.74) is 6.69. The van der Waals surface area contributed by atoms with Gasteiger partial charge in [0.2, 0.25) is 0 Å². The molecule has 0 spiro atoms. The number of hydrogen-bond donors (Lipinski definition) is 0. The predicted octanol–water partition coefficient (Wildman–Crippen LogP) is 13.6. The summed E-state index contributed by atoms with van der Waals surface area (Å²) in [4.78, 5) is 2.35. The van der Waals surface area contributed by atoms with Crippen LogP contribution >= 0.6 is 11.3 Å². The van der Waals surface area contributed by atoms with E-state index in [-0.39, 0.29) is 0 Å². The van der Waals surface area contributed by atoms with E-state index in [0.29, 0.717) is 0 Å². The Labute approximate surface area is 278 Å². The Bertz CT molecular complexity index is 3090. The summed E-state index contributed by atoms with van der Waals surface area (Å²) < 4.78 is 15.3. The zero-order valence-electron chi connectivity index (χ0n) is 25.6. The lowest BCUT2D eigenvalue weighted by Crippen LogP contribution is -2.09. The van der Waals surface area contributed by atoms with E-state index >= 15 is 0 Å². The predicted molar refractivity (Wildman–Crippen MR) is 204 cm³/mol. The number of anilines is 3. The van der Waals surface area contributed by atoms with Crippen LogP contribution in [0.15, 0.2) is 160 Å². The van der Waals surface area contributed by atoms with Crippen molar-refractivity contribution in [1.82, 2.24) is 0 Å². The summed E-state index contributed by atoms with van der Waals surface area (Å²) in [6.07, 6.45) is 0. The Morgan fingerprint density at radius 1 is 0.354 bits per heavy atom. The number of nitrogens with zero attached hydrogens (tertiary/aromatic N) is 1. The molecule has 3 heterocycles. The molecule has 8 aromatic carbocycles. The summed E-state index contributed by atoms with van der Waals surface area (Å²) in [5, 5.41) is 12.1. The summed E-state index contributed by atoms with van der Waals surface area (Å²) >= 11 is 1.87. The van der Waals surface area contributed by atoms with Gasteiger partial charge in [-0.1, -0.05) is 78.9 Å². The second kappa shape index (κ2) is 9.71. The maximum absolute atomic E-state index is 6.40. The molecule has 0 N–H and O–H groups in total. The molecule has 11 rings (SSSR count). The number of thiophene rings is 1. The van der Waals surface area contributed by atoms with Gasteiger partial charge in [-0.3, -0.25) is 0 Å². The molecule has 0 saturated carbocycles. The molecule has 0 aliphatic carbocycles. The highest BCUT2D eigenvalue weighted by Gasteiger charge is 2.19. The van der Waals surface area contributed by atoms with E-state index in [1.54, 1.807) is 0 Å². The van der Waals surface area contributed by atoms with E-state index in [4.69, 9.17) is 8.83 Å². The molecule has 0 bridgehead atoms. The standard InChI is InChI=1S/C44H25NO2S/c1-4-10-37-31(7-1)33-20-18-30(25-40(33)47-37)45(29-19-21-39-36(24-29)32-8-2-5-11-38(32)46-39)28-17-15-26-13-14-27-16-22-42-44(43(27)35(26)23-28)34-9-3-6-12-41(34)48-42/h1-25H. The van der Waals surface area contributed by atoms with Gasteiger partial charge in [0, 0.05) is 64.8 Å². The van der Waals surface area contributed by atoms with Crippen molar-refractivity contribution in [3.05, 3.63) is 152 Å². The van der Waals surface area contributed by atoms with Gasteiger partial charge in [0.15, 0.2) is 0 Å². The smallest absolute Gasteiger partial charge is 0.137 e. The molecule has 48 heavy (non-hydrogen) atoms. The Hall–Kier alpha value is -6.10. The van der Waals surface area contributed by atoms with E-state index in [1.165, 1.54) is 41.7 Å². The summed E-state index contributed by atoms with van der Waals surface area (Å²) in [6, 6.07) is 54.3. The number of hydrogen-bond acceptors (Lipinski definition) is 4. The first-order chi connectivity index (χ1) is 23.8. The van der Waals surface area contributed by atoms with Crippen molar-refractivity contribution >= 4 is 114 Å². The van der Waals surface area contributed by atoms with Crippen molar-refractivity contribution in [3.8, 4) is 0 Å². The van der Waals surface area contributed by atoms with Gasteiger partial charge in [-0.2, -0.15) is 0 Å². The van der Waals surface area contributed by atoms with Gasteiger partial charge < -0.3 is 13.7 Å². The van der Waals surface area contributed by atoms with Crippen molar-refractivity contribution in [3.63, 3.8) is 0 Å². The quantitative estimate of drug-likeness (QED) is 0.182. The van der Waals surface area contributed by atoms with E-state index in [2.05, 4.69) is 132 Å². The van der Waals surface area contributed by atoms with Gasteiger partial charge in [0.05, 0.1) is 0 Å². The normalized spacial score (nSPS) is 12.2. The van der Waals surface area contributed by atoms with Crippen molar-refractivity contribution in [1.29, 1.82) is 0 Å². The highest BCUT2D eigenvalue weighted by Crippen LogP contribution is 2.45. The SMILES string of the molecule is c1ccc2c(c1)oc1cc(N(c3ccc4oc5ccccc5c4c3)c3ccc4ccc5ccc6sc7ccccc7c6c5c4c3)ccc12.